The van der Waals surface area contributed by atoms with Crippen LogP contribution in [-0.2, 0) is 55.8 Å². The SMILES string of the molecule is CC/C=C\C/C=C\C/C=C\C/C=C\C/C=C\C/C=C\CCCCCCC(=O)OCC(O)COP(=O)(O)OCC(O)COP(=O)(O)OCC(COC(=O)CCCCCCC/C=C\C/C=C\CCCCC)OC(=O)CCCCCCC/C=C\C/C=C\CCCCC. The number of aliphatic hydroxyl groups is 2. The maximum atomic E-state index is 12.9. The van der Waals surface area contributed by atoms with Crippen molar-refractivity contribution < 1.29 is 75.8 Å². The first kappa shape index (κ1) is 85.0. The van der Waals surface area contributed by atoms with Crippen LogP contribution in [0.5, 0.6) is 0 Å². The molecule has 0 aliphatic carbocycles. The fourth-order valence-electron chi connectivity index (χ4n) is 8.46. The summed E-state index contributed by atoms with van der Waals surface area (Å²) in [5, 5.41) is 20.5. The van der Waals surface area contributed by atoms with Gasteiger partial charge in [-0.05, 0) is 135 Å². The molecule has 4 N–H and O–H groups in total. The zero-order chi connectivity index (χ0) is 65.3. The highest BCUT2D eigenvalue weighted by Gasteiger charge is 2.29. The van der Waals surface area contributed by atoms with Gasteiger partial charge in [-0.2, -0.15) is 0 Å². The molecule has 0 aromatic heterocycles. The molecule has 0 radical (unpaired) electrons. The number of allylic oxidation sites excluding steroid dienone is 20. The highest BCUT2D eigenvalue weighted by atomic mass is 31.2. The lowest BCUT2D eigenvalue weighted by Crippen LogP contribution is -2.30. The Bertz CT molecular complexity index is 2110. The number of phosphoric ester groups is 2. The first-order chi connectivity index (χ1) is 43.2. The van der Waals surface area contributed by atoms with Gasteiger partial charge in [-0.3, -0.25) is 32.5 Å². The molecular weight excluding hydrogens is 1170 g/mol. The van der Waals surface area contributed by atoms with Gasteiger partial charge in [-0.15, -0.1) is 0 Å². The van der Waals surface area contributed by atoms with Crippen LogP contribution >= 0.6 is 15.6 Å². The number of esters is 3. The van der Waals surface area contributed by atoms with E-state index < -0.39 is 91.5 Å². The van der Waals surface area contributed by atoms with E-state index in [4.69, 9.17) is 32.3 Å². The Morgan fingerprint density at radius 2 is 0.596 bits per heavy atom. The quantitative estimate of drug-likeness (QED) is 0.0146. The van der Waals surface area contributed by atoms with E-state index in [1.54, 1.807) is 0 Å². The molecule has 0 aromatic carbocycles. The summed E-state index contributed by atoms with van der Waals surface area (Å²) in [5.41, 5.74) is 0. The fraction of sp³-hybridized carbons (Fsp3) is 0.676. The number of phosphoric acid groups is 2. The molecule has 5 atom stereocenters. The molecule has 510 valence electrons. The van der Waals surface area contributed by atoms with E-state index in [1.165, 1.54) is 38.5 Å². The van der Waals surface area contributed by atoms with E-state index in [0.717, 1.165) is 154 Å². The molecule has 0 amide bonds. The predicted octanol–water partition coefficient (Wildman–Crippen LogP) is 18.6. The van der Waals surface area contributed by atoms with E-state index in [2.05, 4.69) is 142 Å². The number of unbranched alkanes of at least 4 members (excludes halogenated alkanes) is 20. The minimum atomic E-state index is -4.93. The Hall–Kier alpha value is -4.05. The van der Waals surface area contributed by atoms with Gasteiger partial charge in [0.25, 0.3) is 0 Å². The average molecular weight is 1290 g/mol. The van der Waals surface area contributed by atoms with Gasteiger partial charge in [0.1, 0.15) is 25.4 Å². The van der Waals surface area contributed by atoms with Crippen LogP contribution in [-0.4, -0.2) is 95.9 Å². The van der Waals surface area contributed by atoms with Gasteiger partial charge >= 0.3 is 33.6 Å². The number of ether oxygens (including phenoxy) is 3. The topological polar surface area (TPSA) is 231 Å². The minimum absolute atomic E-state index is 0.0827. The van der Waals surface area contributed by atoms with Crippen LogP contribution in [0.25, 0.3) is 0 Å². The Labute approximate surface area is 538 Å². The molecule has 0 rings (SSSR count). The molecular formula is C71H120O16P2. The highest BCUT2D eigenvalue weighted by molar-refractivity contribution is 7.47. The van der Waals surface area contributed by atoms with Crippen LogP contribution < -0.4 is 0 Å². The molecule has 16 nitrogen and oxygen atoms in total. The Morgan fingerprint density at radius 1 is 0.326 bits per heavy atom. The predicted molar refractivity (Wildman–Crippen MR) is 362 cm³/mol. The standard InChI is InChI=1S/C71H120O16P2/c1-4-7-10-13-16-19-22-25-28-29-30-31-32-33-34-35-38-40-42-45-48-51-54-57-69(74)81-60-66(72)61-83-88(77,78)84-62-67(73)63-85-89(79,80)86-65-68(87-71(76)59-56-53-50-47-44-41-37-27-24-21-18-15-12-9-6-3)64-82-70(75)58-55-52-49-46-43-39-36-26-23-20-17-14-11-8-5-2/h7,10,16-21,25-28,30-31,33-34,36-38,40,66-68,72-73H,4-6,8-9,11-15,22-24,29,32,35,39,41-65H2,1-3H3,(H,77,78)(H,79,80)/b10-7-,19-16-,20-17-,21-18-,28-25-,31-30-,34-33-,36-26-,37-27-,40-38-. The largest absolute Gasteiger partial charge is 0.472 e. The fourth-order valence-corrected chi connectivity index (χ4v) is 10.0. The summed E-state index contributed by atoms with van der Waals surface area (Å²) in [6.07, 6.45) is 72.5. The Balaban J connectivity index is 4.67. The van der Waals surface area contributed by atoms with E-state index >= 15 is 0 Å². The summed E-state index contributed by atoms with van der Waals surface area (Å²) >= 11 is 0. The Kier molecular flexibility index (Phi) is 61.2. The normalized spacial score (nSPS) is 15.0. The summed E-state index contributed by atoms with van der Waals surface area (Å²) in [6, 6.07) is 0. The van der Waals surface area contributed by atoms with Crippen LogP contribution in [0.1, 0.15) is 252 Å². The molecule has 0 spiro atoms. The Morgan fingerprint density at radius 3 is 0.944 bits per heavy atom. The molecule has 0 fully saturated rings. The van der Waals surface area contributed by atoms with Crippen molar-refractivity contribution >= 4 is 33.6 Å². The van der Waals surface area contributed by atoms with Crippen LogP contribution in [0.15, 0.2) is 122 Å². The van der Waals surface area contributed by atoms with Crippen molar-refractivity contribution in [1.29, 1.82) is 0 Å². The second kappa shape index (κ2) is 64.1. The molecule has 5 unspecified atom stereocenters. The van der Waals surface area contributed by atoms with Gasteiger partial charge in [0.05, 0.1) is 26.4 Å². The highest BCUT2D eigenvalue weighted by Crippen LogP contribution is 2.45. The second-order valence-corrected chi connectivity index (χ2v) is 25.1. The lowest BCUT2D eigenvalue weighted by molar-refractivity contribution is -0.161. The van der Waals surface area contributed by atoms with Crippen LogP contribution in [0.2, 0.25) is 0 Å². The molecule has 0 aromatic rings. The smallest absolute Gasteiger partial charge is 0.463 e. The lowest BCUT2D eigenvalue weighted by Gasteiger charge is -2.21. The van der Waals surface area contributed by atoms with Crippen molar-refractivity contribution in [3.8, 4) is 0 Å². The molecule has 0 heterocycles. The molecule has 89 heavy (non-hydrogen) atoms. The average Bonchev–Trinajstić information content (AvgIpc) is 3.65. The summed E-state index contributed by atoms with van der Waals surface area (Å²) in [4.78, 5) is 58.3. The van der Waals surface area contributed by atoms with E-state index in [-0.39, 0.29) is 19.3 Å². The number of carbonyl (C=O) groups excluding carboxylic acids is 3. The van der Waals surface area contributed by atoms with E-state index in [9.17, 15) is 43.5 Å². The van der Waals surface area contributed by atoms with Gasteiger partial charge in [0.2, 0.25) is 0 Å². The third kappa shape index (κ3) is 65.3. The van der Waals surface area contributed by atoms with Crippen molar-refractivity contribution in [2.75, 3.05) is 39.6 Å². The number of hydrogen-bond acceptors (Lipinski definition) is 14. The molecule has 0 aliphatic heterocycles. The van der Waals surface area contributed by atoms with Crippen LogP contribution in [0.4, 0.5) is 0 Å². The summed E-state index contributed by atoms with van der Waals surface area (Å²) < 4.78 is 60.8. The van der Waals surface area contributed by atoms with Gasteiger partial charge in [-0.25, -0.2) is 9.13 Å². The minimum Gasteiger partial charge on any atom is -0.463 e. The van der Waals surface area contributed by atoms with Gasteiger partial charge in [0.15, 0.2) is 6.10 Å². The number of hydrogen-bond donors (Lipinski definition) is 4. The van der Waals surface area contributed by atoms with Gasteiger partial charge < -0.3 is 34.2 Å². The molecule has 0 saturated heterocycles. The number of carbonyl (C=O) groups is 3. The monoisotopic (exact) mass is 1290 g/mol. The maximum absolute atomic E-state index is 12.9. The molecule has 18 heteroatoms. The third-order valence-corrected chi connectivity index (χ3v) is 15.5. The third-order valence-electron chi connectivity index (χ3n) is 13.6. The maximum Gasteiger partial charge on any atom is 0.472 e. The summed E-state index contributed by atoms with van der Waals surface area (Å²) in [7, 11) is -9.79. The molecule has 0 saturated carbocycles. The zero-order valence-electron chi connectivity index (χ0n) is 55.1. The van der Waals surface area contributed by atoms with Gasteiger partial charge in [0, 0.05) is 19.3 Å². The van der Waals surface area contributed by atoms with Gasteiger partial charge in [-0.1, -0.05) is 219 Å². The second-order valence-electron chi connectivity index (χ2n) is 22.2. The first-order valence-corrected chi connectivity index (χ1v) is 36.8. The van der Waals surface area contributed by atoms with Crippen molar-refractivity contribution in [3.63, 3.8) is 0 Å². The zero-order valence-corrected chi connectivity index (χ0v) is 56.8. The van der Waals surface area contributed by atoms with E-state index in [1.807, 2.05) is 0 Å². The van der Waals surface area contributed by atoms with Crippen LogP contribution in [0, 0.1) is 0 Å². The van der Waals surface area contributed by atoms with Crippen molar-refractivity contribution in [2.45, 2.75) is 270 Å². The number of aliphatic hydroxyl groups excluding tert-OH is 2. The van der Waals surface area contributed by atoms with E-state index in [0.29, 0.717) is 19.3 Å². The van der Waals surface area contributed by atoms with Crippen LogP contribution in [0.3, 0.4) is 0 Å². The number of rotatable bonds is 63. The van der Waals surface area contributed by atoms with Crippen molar-refractivity contribution in [1.82, 2.24) is 0 Å². The summed E-state index contributed by atoms with van der Waals surface area (Å²) in [6.45, 7) is 2.42. The lowest BCUT2D eigenvalue weighted by atomic mass is 10.1. The summed E-state index contributed by atoms with van der Waals surface area (Å²) in [5.74, 6) is -1.63. The molecule has 0 bridgehead atoms. The van der Waals surface area contributed by atoms with Crippen molar-refractivity contribution in [2.24, 2.45) is 0 Å². The first-order valence-electron chi connectivity index (χ1n) is 33.8. The van der Waals surface area contributed by atoms with Crippen molar-refractivity contribution in [3.05, 3.63) is 122 Å². The molecule has 0 aliphatic rings.